The molecule has 0 bridgehead atoms. The molecule has 0 aliphatic rings. The van der Waals surface area contributed by atoms with Gasteiger partial charge >= 0.3 is 5.97 Å². The second-order valence-electron chi connectivity index (χ2n) is 6.19. The summed E-state index contributed by atoms with van der Waals surface area (Å²) < 4.78 is 0. The van der Waals surface area contributed by atoms with Gasteiger partial charge in [-0.05, 0) is 30.9 Å². The highest BCUT2D eigenvalue weighted by Gasteiger charge is 2.26. The van der Waals surface area contributed by atoms with E-state index < -0.39 is 29.9 Å². The summed E-state index contributed by atoms with van der Waals surface area (Å²) in [7, 11) is 0. The van der Waals surface area contributed by atoms with Gasteiger partial charge < -0.3 is 20.5 Å². The van der Waals surface area contributed by atoms with Crippen LogP contribution in [0.2, 0.25) is 0 Å². The molecule has 0 saturated carbocycles. The molecule has 0 radical (unpaired) electrons. The van der Waals surface area contributed by atoms with Crippen LogP contribution in [-0.4, -0.2) is 52.8 Å². The minimum Gasteiger partial charge on any atom is -0.480 e. The molecule has 0 aromatic heterocycles. The van der Waals surface area contributed by atoms with Gasteiger partial charge in [-0.25, -0.2) is 4.79 Å². The van der Waals surface area contributed by atoms with Crippen LogP contribution in [0.4, 0.5) is 0 Å². The lowest BCUT2D eigenvalue weighted by atomic mass is 10.0. The van der Waals surface area contributed by atoms with Crippen molar-refractivity contribution in [2.45, 2.75) is 44.7 Å². The highest BCUT2D eigenvalue weighted by atomic mass is 32.2. The number of hydrogen-bond acceptors (Lipinski definition) is 5. The summed E-state index contributed by atoms with van der Waals surface area (Å²) in [6.45, 7) is 1.39. The number of carboxylic acids is 1. The Bertz CT molecular complexity index is 651. The van der Waals surface area contributed by atoms with Crippen molar-refractivity contribution < 1.29 is 24.3 Å². The van der Waals surface area contributed by atoms with Gasteiger partial charge in [-0.2, -0.15) is 11.8 Å². The molecule has 2 atom stereocenters. The molecule has 1 aromatic carbocycles. The average molecular weight is 394 g/mol. The third-order valence-corrected chi connectivity index (χ3v) is 4.51. The molecule has 27 heavy (non-hydrogen) atoms. The number of carbonyl (C=O) groups is 4. The maximum Gasteiger partial charge on any atom is 0.326 e. The normalized spacial score (nSPS) is 12.7. The van der Waals surface area contributed by atoms with Crippen molar-refractivity contribution in [1.29, 1.82) is 0 Å². The van der Waals surface area contributed by atoms with Gasteiger partial charge in [-0.3, -0.25) is 9.59 Å². The number of benzene rings is 1. The van der Waals surface area contributed by atoms with Crippen molar-refractivity contribution in [2.24, 2.45) is 0 Å². The number of amides is 2. The SMILES string of the molecule is CSCC[C@H](NC(=O)[C@H](Cc1ccccc1)NC(=O)CCC(C)=O)C(=O)O. The summed E-state index contributed by atoms with van der Waals surface area (Å²) in [6, 6.07) is 7.20. The van der Waals surface area contributed by atoms with Gasteiger partial charge in [0.25, 0.3) is 0 Å². The van der Waals surface area contributed by atoms with E-state index in [4.69, 9.17) is 0 Å². The fraction of sp³-hybridized carbons (Fsp3) is 0.474. The van der Waals surface area contributed by atoms with E-state index in [9.17, 15) is 24.3 Å². The monoisotopic (exact) mass is 394 g/mol. The number of carboxylic acid groups (broad SMARTS) is 1. The summed E-state index contributed by atoms with van der Waals surface area (Å²) in [4.78, 5) is 47.1. The van der Waals surface area contributed by atoms with E-state index in [0.717, 1.165) is 5.56 Å². The predicted octanol–water partition coefficient (Wildman–Crippen LogP) is 1.41. The second kappa shape index (κ2) is 12.1. The van der Waals surface area contributed by atoms with Crippen molar-refractivity contribution in [2.75, 3.05) is 12.0 Å². The summed E-state index contributed by atoms with van der Waals surface area (Å²) in [5.41, 5.74) is 0.834. The Balaban J connectivity index is 2.84. The Hall–Kier alpha value is -2.35. The summed E-state index contributed by atoms with van der Waals surface area (Å²) in [5.74, 6) is -1.61. The van der Waals surface area contributed by atoms with Gasteiger partial charge in [0.15, 0.2) is 0 Å². The maximum atomic E-state index is 12.6. The summed E-state index contributed by atoms with van der Waals surface area (Å²) in [6.07, 6.45) is 2.46. The molecule has 0 heterocycles. The Morgan fingerprint density at radius 2 is 1.70 bits per heavy atom. The lowest BCUT2D eigenvalue weighted by molar-refractivity contribution is -0.142. The quantitative estimate of drug-likeness (QED) is 0.494. The van der Waals surface area contributed by atoms with Crippen LogP contribution in [-0.2, 0) is 25.6 Å². The van der Waals surface area contributed by atoms with Crippen LogP contribution < -0.4 is 10.6 Å². The number of hydrogen-bond donors (Lipinski definition) is 3. The Morgan fingerprint density at radius 1 is 1.04 bits per heavy atom. The van der Waals surface area contributed by atoms with Gasteiger partial charge in [0, 0.05) is 19.3 Å². The second-order valence-corrected chi connectivity index (χ2v) is 7.18. The van der Waals surface area contributed by atoms with Crippen molar-refractivity contribution in [3.8, 4) is 0 Å². The molecule has 3 N–H and O–H groups in total. The number of thioether (sulfide) groups is 1. The lowest BCUT2D eigenvalue weighted by Gasteiger charge is -2.21. The van der Waals surface area contributed by atoms with Gasteiger partial charge in [0.05, 0.1) is 0 Å². The first-order chi connectivity index (χ1) is 12.8. The van der Waals surface area contributed by atoms with E-state index in [1.165, 1.54) is 18.7 Å². The van der Waals surface area contributed by atoms with E-state index in [-0.39, 0.29) is 25.0 Å². The van der Waals surface area contributed by atoms with E-state index in [0.29, 0.717) is 12.2 Å². The Kier molecular flexibility index (Phi) is 10.2. The lowest BCUT2D eigenvalue weighted by Crippen LogP contribution is -2.52. The molecule has 2 amide bonds. The maximum absolute atomic E-state index is 12.6. The zero-order chi connectivity index (χ0) is 20.2. The highest BCUT2D eigenvalue weighted by Crippen LogP contribution is 2.07. The minimum atomic E-state index is -1.11. The zero-order valence-corrected chi connectivity index (χ0v) is 16.4. The number of rotatable bonds is 12. The number of ketones is 1. The van der Waals surface area contributed by atoms with Crippen LogP contribution in [0.5, 0.6) is 0 Å². The largest absolute Gasteiger partial charge is 0.480 e. The zero-order valence-electron chi connectivity index (χ0n) is 15.6. The molecule has 0 spiro atoms. The predicted molar refractivity (Wildman–Crippen MR) is 105 cm³/mol. The number of Topliss-reactive ketones (excluding diaryl/α,β-unsaturated/α-hetero) is 1. The number of carbonyl (C=O) groups excluding carboxylic acids is 3. The molecule has 1 rings (SSSR count). The molecular formula is C19H26N2O5S. The first kappa shape index (κ1) is 22.7. The smallest absolute Gasteiger partial charge is 0.326 e. The Morgan fingerprint density at radius 3 is 2.26 bits per heavy atom. The van der Waals surface area contributed by atoms with Crippen molar-refractivity contribution >= 4 is 35.3 Å². The molecule has 1 aromatic rings. The van der Waals surface area contributed by atoms with Crippen molar-refractivity contribution in [3.63, 3.8) is 0 Å². The van der Waals surface area contributed by atoms with Crippen LogP contribution in [0.25, 0.3) is 0 Å². The van der Waals surface area contributed by atoms with Crippen LogP contribution in [0.15, 0.2) is 30.3 Å². The standard InChI is InChI=1S/C19H26N2O5S/c1-13(22)8-9-17(23)20-16(12-14-6-4-3-5-7-14)18(24)21-15(19(25)26)10-11-27-2/h3-7,15-16H,8-12H2,1-2H3,(H,20,23)(H,21,24)(H,25,26)/t15-,16-/m0/s1. The van der Waals surface area contributed by atoms with E-state index in [1.54, 1.807) is 0 Å². The van der Waals surface area contributed by atoms with Gasteiger partial charge in [-0.15, -0.1) is 0 Å². The van der Waals surface area contributed by atoms with Gasteiger partial charge in [0.1, 0.15) is 17.9 Å². The molecule has 0 fully saturated rings. The average Bonchev–Trinajstić information content (AvgIpc) is 2.63. The van der Waals surface area contributed by atoms with Crippen LogP contribution >= 0.6 is 11.8 Å². The topological polar surface area (TPSA) is 113 Å². The van der Waals surface area contributed by atoms with Crippen LogP contribution in [0, 0.1) is 0 Å². The Labute approximate surface area is 163 Å². The molecule has 148 valence electrons. The minimum absolute atomic E-state index is 0.0112. The molecule has 0 saturated heterocycles. The van der Waals surface area contributed by atoms with Gasteiger partial charge in [0.2, 0.25) is 11.8 Å². The molecule has 0 aliphatic heterocycles. The van der Waals surface area contributed by atoms with E-state index in [1.807, 2.05) is 36.6 Å². The number of aliphatic carboxylic acids is 1. The summed E-state index contributed by atoms with van der Waals surface area (Å²) >= 11 is 1.49. The number of nitrogens with one attached hydrogen (secondary N) is 2. The first-order valence-electron chi connectivity index (χ1n) is 8.68. The molecule has 0 aliphatic carbocycles. The highest BCUT2D eigenvalue weighted by molar-refractivity contribution is 7.98. The third kappa shape index (κ3) is 9.23. The molecular weight excluding hydrogens is 368 g/mol. The molecule has 0 unspecified atom stereocenters. The fourth-order valence-corrected chi connectivity index (χ4v) is 2.85. The van der Waals surface area contributed by atoms with Crippen molar-refractivity contribution in [1.82, 2.24) is 10.6 Å². The van der Waals surface area contributed by atoms with Crippen LogP contribution in [0.1, 0.15) is 31.7 Å². The van der Waals surface area contributed by atoms with Gasteiger partial charge in [-0.1, -0.05) is 30.3 Å². The third-order valence-electron chi connectivity index (χ3n) is 3.86. The first-order valence-corrected chi connectivity index (χ1v) is 10.1. The summed E-state index contributed by atoms with van der Waals surface area (Å²) in [5, 5.41) is 14.4. The fourth-order valence-electron chi connectivity index (χ4n) is 2.38. The van der Waals surface area contributed by atoms with Crippen LogP contribution in [0.3, 0.4) is 0 Å². The molecule has 7 nitrogen and oxygen atoms in total. The van der Waals surface area contributed by atoms with E-state index >= 15 is 0 Å². The molecule has 8 heteroatoms. The van der Waals surface area contributed by atoms with Crippen molar-refractivity contribution in [3.05, 3.63) is 35.9 Å². The van der Waals surface area contributed by atoms with E-state index in [2.05, 4.69) is 10.6 Å².